The summed E-state index contributed by atoms with van der Waals surface area (Å²) in [4.78, 5) is 20.7. The van der Waals surface area contributed by atoms with Crippen LogP contribution in [0.15, 0.2) is 0 Å². The van der Waals surface area contributed by atoms with E-state index in [4.69, 9.17) is 9.84 Å². The fourth-order valence-electron chi connectivity index (χ4n) is 1.26. The lowest BCUT2D eigenvalue weighted by Gasteiger charge is -2.02. The van der Waals surface area contributed by atoms with Crippen LogP contribution in [0.2, 0.25) is 0 Å². The maximum atomic E-state index is 10.9. The van der Waals surface area contributed by atoms with Crippen molar-refractivity contribution in [3.8, 4) is 0 Å². The third kappa shape index (κ3) is 22.6. The number of unbranched alkanes of at least 4 members (excludes halogenated alkanes) is 4. The van der Waals surface area contributed by atoms with Crippen LogP contribution in [0.5, 0.6) is 0 Å². The molecule has 0 aliphatic heterocycles. The maximum Gasteiger partial charge on any atom is 0.305 e. The topological polar surface area (TPSA) is 63.6 Å². The lowest BCUT2D eigenvalue weighted by molar-refractivity contribution is -0.144. The third-order valence-electron chi connectivity index (χ3n) is 2.49. The van der Waals surface area contributed by atoms with Crippen molar-refractivity contribution < 1.29 is 19.4 Å². The van der Waals surface area contributed by atoms with Gasteiger partial charge in [0.15, 0.2) is 0 Å². The van der Waals surface area contributed by atoms with Gasteiger partial charge in [-0.25, -0.2) is 0 Å². The number of carbonyl (C=O) groups is 2. The van der Waals surface area contributed by atoms with Gasteiger partial charge in [0.05, 0.1) is 6.61 Å². The summed E-state index contributed by atoms with van der Waals surface area (Å²) in [6.07, 6.45) is 8.01. The summed E-state index contributed by atoms with van der Waals surface area (Å²) in [6.45, 7) is 6.79. The average molecular weight is 274 g/mol. The van der Waals surface area contributed by atoms with E-state index in [9.17, 15) is 9.59 Å². The molecule has 4 nitrogen and oxygen atoms in total. The molecule has 0 aromatic carbocycles. The van der Waals surface area contributed by atoms with Crippen LogP contribution in [0, 0.1) is 0 Å². The lowest BCUT2D eigenvalue weighted by Crippen LogP contribution is -2.05. The average Bonchev–Trinajstić information content (AvgIpc) is 2.39. The van der Waals surface area contributed by atoms with Gasteiger partial charge in [-0.3, -0.25) is 9.59 Å². The number of aliphatic carboxylic acids is 1. The molecule has 0 spiro atoms. The number of rotatable bonds is 10. The molecule has 0 aliphatic rings. The normalized spacial score (nSPS) is 9.42. The first-order valence-corrected chi connectivity index (χ1v) is 7.45. The Morgan fingerprint density at radius 2 is 1.37 bits per heavy atom. The summed E-state index contributed by atoms with van der Waals surface area (Å²) in [5.74, 6) is -0.727. The van der Waals surface area contributed by atoms with E-state index in [-0.39, 0.29) is 5.97 Å². The lowest BCUT2D eigenvalue weighted by atomic mass is 10.2. The molecule has 0 heterocycles. The van der Waals surface area contributed by atoms with Gasteiger partial charge in [-0.15, -0.1) is 0 Å². The van der Waals surface area contributed by atoms with E-state index in [1.54, 1.807) is 0 Å². The summed E-state index contributed by atoms with van der Waals surface area (Å²) in [6, 6.07) is 0. The predicted molar refractivity (Wildman–Crippen MR) is 77.2 cm³/mol. The molecule has 1 N–H and O–H groups in total. The first kappa shape index (κ1) is 20.3. The van der Waals surface area contributed by atoms with Crippen LogP contribution < -0.4 is 0 Å². The monoisotopic (exact) mass is 274 g/mol. The highest BCUT2D eigenvalue weighted by molar-refractivity contribution is 5.69. The van der Waals surface area contributed by atoms with Gasteiger partial charge in [0.25, 0.3) is 0 Å². The Morgan fingerprint density at radius 3 is 1.79 bits per heavy atom. The van der Waals surface area contributed by atoms with E-state index in [0.29, 0.717) is 19.4 Å². The SMILES string of the molecule is CCCCC(=O)O.CCCCCOC(=O)CCCC. The molecule has 0 aromatic rings. The summed E-state index contributed by atoms with van der Waals surface area (Å²) in [5, 5.41) is 8.04. The van der Waals surface area contributed by atoms with Crippen molar-refractivity contribution in [1.82, 2.24) is 0 Å². The van der Waals surface area contributed by atoms with Gasteiger partial charge in [-0.2, -0.15) is 0 Å². The smallest absolute Gasteiger partial charge is 0.305 e. The van der Waals surface area contributed by atoms with Gasteiger partial charge in [0, 0.05) is 12.8 Å². The highest BCUT2D eigenvalue weighted by atomic mass is 16.5. The fourth-order valence-corrected chi connectivity index (χ4v) is 1.26. The van der Waals surface area contributed by atoms with Gasteiger partial charge in [0.2, 0.25) is 0 Å². The first-order chi connectivity index (χ1) is 9.08. The van der Waals surface area contributed by atoms with E-state index in [1.165, 1.54) is 6.42 Å². The minimum absolute atomic E-state index is 0.0343. The zero-order chi connectivity index (χ0) is 14.9. The molecule has 4 heteroatoms. The molecule has 0 radical (unpaired) electrons. The van der Waals surface area contributed by atoms with Crippen molar-refractivity contribution in [3.63, 3.8) is 0 Å². The number of hydrogen-bond donors (Lipinski definition) is 1. The summed E-state index contributed by atoms with van der Waals surface area (Å²) >= 11 is 0. The molecule has 0 saturated heterocycles. The second-order valence-corrected chi connectivity index (χ2v) is 4.53. The van der Waals surface area contributed by atoms with E-state index < -0.39 is 5.97 Å². The van der Waals surface area contributed by atoms with E-state index >= 15 is 0 Å². The van der Waals surface area contributed by atoms with Gasteiger partial charge >= 0.3 is 11.9 Å². The summed E-state index contributed by atoms with van der Waals surface area (Å²) < 4.78 is 5.01. The van der Waals surface area contributed by atoms with Crippen LogP contribution in [0.4, 0.5) is 0 Å². The molecule has 0 aliphatic carbocycles. The van der Waals surface area contributed by atoms with Crippen molar-refractivity contribution in [2.75, 3.05) is 6.61 Å². The number of carboxylic acid groups (broad SMARTS) is 1. The molecule has 0 bridgehead atoms. The zero-order valence-corrected chi connectivity index (χ0v) is 12.7. The Balaban J connectivity index is 0. The van der Waals surface area contributed by atoms with Crippen LogP contribution >= 0.6 is 0 Å². The molecule has 0 rings (SSSR count). The largest absolute Gasteiger partial charge is 0.481 e. The molecular formula is C15H30O4. The molecule has 0 amide bonds. The standard InChI is InChI=1S/C10H20O2.C5H10O2/c1-3-5-7-9-12-10(11)8-6-4-2;1-2-3-4-5(6)7/h3-9H2,1-2H3;2-4H2,1H3,(H,6,7). The van der Waals surface area contributed by atoms with Crippen molar-refractivity contribution in [2.24, 2.45) is 0 Å². The predicted octanol–water partition coefficient (Wildman–Crippen LogP) is 4.17. The third-order valence-corrected chi connectivity index (χ3v) is 2.49. The van der Waals surface area contributed by atoms with Crippen LogP contribution in [0.3, 0.4) is 0 Å². The van der Waals surface area contributed by atoms with E-state index in [0.717, 1.165) is 38.5 Å². The van der Waals surface area contributed by atoms with Crippen molar-refractivity contribution >= 4 is 11.9 Å². The zero-order valence-electron chi connectivity index (χ0n) is 12.7. The van der Waals surface area contributed by atoms with Gasteiger partial charge < -0.3 is 9.84 Å². The Kier molecular flexibility index (Phi) is 18.1. The Bertz CT molecular complexity index is 214. The highest BCUT2D eigenvalue weighted by Gasteiger charge is 1.99. The van der Waals surface area contributed by atoms with Gasteiger partial charge in [-0.05, 0) is 19.3 Å². The van der Waals surface area contributed by atoms with E-state index in [2.05, 4.69) is 13.8 Å². The summed E-state index contributed by atoms with van der Waals surface area (Å²) in [7, 11) is 0. The van der Waals surface area contributed by atoms with E-state index in [1.807, 2.05) is 6.92 Å². The van der Waals surface area contributed by atoms with Crippen LogP contribution in [-0.2, 0) is 14.3 Å². The fraction of sp³-hybridized carbons (Fsp3) is 0.867. The number of carboxylic acids is 1. The summed E-state index contributed by atoms with van der Waals surface area (Å²) in [5.41, 5.74) is 0. The quantitative estimate of drug-likeness (QED) is 0.479. The number of carbonyl (C=O) groups excluding carboxylic acids is 1. The Hall–Kier alpha value is -1.06. The number of ether oxygens (including phenoxy) is 1. The maximum absolute atomic E-state index is 10.9. The van der Waals surface area contributed by atoms with Gasteiger partial charge in [0.1, 0.15) is 0 Å². The molecule has 114 valence electrons. The number of esters is 1. The van der Waals surface area contributed by atoms with Gasteiger partial charge in [-0.1, -0.05) is 46.5 Å². The van der Waals surface area contributed by atoms with Crippen LogP contribution in [0.25, 0.3) is 0 Å². The molecule has 0 aromatic heterocycles. The van der Waals surface area contributed by atoms with Crippen molar-refractivity contribution in [3.05, 3.63) is 0 Å². The Morgan fingerprint density at radius 1 is 0.842 bits per heavy atom. The highest BCUT2D eigenvalue weighted by Crippen LogP contribution is 1.99. The molecule has 0 fully saturated rings. The molecule has 19 heavy (non-hydrogen) atoms. The number of hydrogen-bond acceptors (Lipinski definition) is 3. The van der Waals surface area contributed by atoms with Crippen molar-refractivity contribution in [2.45, 2.75) is 78.6 Å². The van der Waals surface area contributed by atoms with Crippen LogP contribution in [-0.4, -0.2) is 23.7 Å². The second-order valence-electron chi connectivity index (χ2n) is 4.53. The minimum Gasteiger partial charge on any atom is -0.481 e. The second kappa shape index (κ2) is 16.9. The van der Waals surface area contributed by atoms with Crippen molar-refractivity contribution in [1.29, 1.82) is 0 Å². The molecule has 0 saturated carbocycles. The minimum atomic E-state index is -0.693. The molecular weight excluding hydrogens is 244 g/mol. The van der Waals surface area contributed by atoms with Crippen LogP contribution in [0.1, 0.15) is 78.6 Å². The molecule has 0 unspecified atom stereocenters. The Labute approximate surface area is 117 Å². The molecule has 0 atom stereocenters. The first-order valence-electron chi connectivity index (χ1n) is 7.45.